The smallest absolute Gasteiger partial charge is 0.262 e. The second-order valence-electron chi connectivity index (χ2n) is 8.02. The molecule has 1 saturated carbocycles. The molecule has 3 fully saturated rings. The van der Waals surface area contributed by atoms with Crippen LogP contribution in [0.1, 0.15) is 24.8 Å². The van der Waals surface area contributed by atoms with Crippen molar-refractivity contribution < 1.29 is 23.0 Å². The van der Waals surface area contributed by atoms with Gasteiger partial charge in [0.05, 0.1) is 25.7 Å². The normalized spacial score (nSPS) is 26.7. The van der Waals surface area contributed by atoms with Crippen LogP contribution in [0.5, 0.6) is 5.75 Å². The molecule has 1 atom stereocenters. The van der Waals surface area contributed by atoms with Crippen molar-refractivity contribution in [1.29, 1.82) is 0 Å². The molecular formula is C20H26F2N2O3. The number of carbonyl (C=O) groups is 1. The average Bonchev–Trinajstić information content (AvgIpc) is 3.35. The molecule has 1 aliphatic carbocycles. The van der Waals surface area contributed by atoms with Crippen molar-refractivity contribution in [2.24, 2.45) is 0 Å². The van der Waals surface area contributed by atoms with E-state index in [-0.39, 0.29) is 31.0 Å². The largest absolute Gasteiger partial charge is 0.497 e. The summed E-state index contributed by atoms with van der Waals surface area (Å²) in [6, 6.07) is 7.39. The van der Waals surface area contributed by atoms with Gasteiger partial charge in [-0.25, -0.2) is 8.78 Å². The van der Waals surface area contributed by atoms with Gasteiger partial charge in [-0.15, -0.1) is 0 Å². The molecular weight excluding hydrogens is 354 g/mol. The lowest BCUT2D eigenvalue weighted by Crippen LogP contribution is -2.64. The maximum atomic E-state index is 13.8. The SMILES string of the molecule is COCC1CC(F)(F)CN1C1CN(C(=O)C2(c3ccc(OC)cc3)CC2)C1. The Bertz CT molecular complexity index is 700. The molecule has 0 N–H and O–H groups in total. The molecule has 3 aliphatic rings. The minimum Gasteiger partial charge on any atom is -0.497 e. The van der Waals surface area contributed by atoms with Crippen LogP contribution in [0.15, 0.2) is 24.3 Å². The molecule has 0 aromatic heterocycles. The molecule has 27 heavy (non-hydrogen) atoms. The molecule has 1 aromatic rings. The molecule has 2 saturated heterocycles. The number of halogens is 2. The summed E-state index contributed by atoms with van der Waals surface area (Å²) in [4.78, 5) is 16.7. The lowest BCUT2D eigenvalue weighted by molar-refractivity contribution is -0.142. The van der Waals surface area contributed by atoms with E-state index in [0.717, 1.165) is 24.2 Å². The van der Waals surface area contributed by atoms with Gasteiger partial charge in [0, 0.05) is 38.7 Å². The van der Waals surface area contributed by atoms with Crippen molar-refractivity contribution >= 4 is 5.91 Å². The van der Waals surface area contributed by atoms with Crippen LogP contribution in [0.4, 0.5) is 8.78 Å². The van der Waals surface area contributed by atoms with Gasteiger partial charge < -0.3 is 14.4 Å². The zero-order chi connectivity index (χ0) is 19.2. The van der Waals surface area contributed by atoms with Gasteiger partial charge in [-0.3, -0.25) is 9.69 Å². The maximum absolute atomic E-state index is 13.8. The Morgan fingerprint density at radius 1 is 1.19 bits per heavy atom. The van der Waals surface area contributed by atoms with E-state index in [1.807, 2.05) is 34.1 Å². The van der Waals surface area contributed by atoms with Gasteiger partial charge in [0.15, 0.2) is 0 Å². The Morgan fingerprint density at radius 3 is 2.41 bits per heavy atom. The Kier molecular flexibility index (Phi) is 4.63. The molecule has 2 heterocycles. The fourth-order valence-electron chi connectivity index (χ4n) is 4.49. The highest BCUT2D eigenvalue weighted by Gasteiger charge is 2.56. The van der Waals surface area contributed by atoms with E-state index in [0.29, 0.717) is 19.7 Å². The number of benzene rings is 1. The monoisotopic (exact) mass is 380 g/mol. The van der Waals surface area contributed by atoms with Crippen molar-refractivity contribution in [3.63, 3.8) is 0 Å². The van der Waals surface area contributed by atoms with Crippen LogP contribution in [-0.4, -0.2) is 74.2 Å². The average molecular weight is 380 g/mol. The van der Waals surface area contributed by atoms with E-state index in [9.17, 15) is 13.6 Å². The van der Waals surface area contributed by atoms with Crippen LogP contribution in [-0.2, 0) is 14.9 Å². The number of alkyl halides is 2. The minimum atomic E-state index is -2.67. The third-order valence-electron chi connectivity index (χ3n) is 6.20. The summed E-state index contributed by atoms with van der Waals surface area (Å²) >= 11 is 0. The number of hydrogen-bond acceptors (Lipinski definition) is 4. The van der Waals surface area contributed by atoms with Gasteiger partial charge in [-0.05, 0) is 30.5 Å². The predicted molar refractivity (Wildman–Crippen MR) is 96.2 cm³/mol. The summed E-state index contributed by atoms with van der Waals surface area (Å²) in [5.74, 6) is -1.78. The first-order chi connectivity index (χ1) is 12.9. The molecule has 7 heteroatoms. The standard InChI is InChI=1S/C20H26F2N2O3/c1-26-12-15-9-20(21,22)13-24(15)16-10-23(11-16)18(25)19(7-8-19)14-3-5-17(27-2)6-4-14/h3-6,15-16H,7-13H2,1-2H3. The van der Waals surface area contributed by atoms with E-state index >= 15 is 0 Å². The number of carbonyl (C=O) groups excluding carboxylic acids is 1. The molecule has 4 rings (SSSR count). The molecule has 1 unspecified atom stereocenters. The fraction of sp³-hybridized carbons (Fsp3) is 0.650. The first kappa shape index (κ1) is 18.6. The van der Waals surface area contributed by atoms with Crippen LogP contribution >= 0.6 is 0 Å². The fourth-order valence-corrected chi connectivity index (χ4v) is 4.49. The number of nitrogens with zero attached hydrogens (tertiary/aromatic N) is 2. The number of hydrogen-bond donors (Lipinski definition) is 0. The highest BCUT2D eigenvalue weighted by molar-refractivity contribution is 5.92. The second kappa shape index (κ2) is 6.71. The molecule has 2 aliphatic heterocycles. The summed E-state index contributed by atoms with van der Waals surface area (Å²) in [6.07, 6.45) is 1.52. The first-order valence-corrected chi connectivity index (χ1v) is 9.45. The zero-order valence-corrected chi connectivity index (χ0v) is 15.8. The van der Waals surface area contributed by atoms with Gasteiger partial charge in [0.25, 0.3) is 5.92 Å². The van der Waals surface area contributed by atoms with Crippen LogP contribution in [0.25, 0.3) is 0 Å². The number of likely N-dealkylation sites (tertiary alicyclic amines) is 2. The van der Waals surface area contributed by atoms with Gasteiger partial charge in [-0.1, -0.05) is 12.1 Å². The predicted octanol–water partition coefficient (Wildman–Crippen LogP) is 2.29. The number of rotatable bonds is 6. The van der Waals surface area contributed by atoms with Crippen LogP contribution in [0.2, 0.25) is 0 Å². The second-order valence-corrected chi connectivity index (χ2v) is 8.02. The van der Waals surface area contributed by atoms with Crippen LogP contribution in [0, 0.1) is 0 Å². The molecule has 0 spiro atoms. The molecule has 5 nitrogen and oxygen atoms in total. The molecule has 1 amide bonds. The molecule has 1 aromatic carbocycles. The third kappa shape index (κ3) is 3.31. The number of ether oxygens (including phenoxy) is 2. The summed E-state index contributed by atoms with van der Waals surface area (Å²) in [5.41, 5.74) is 0.583. The maximum Gasteiger partial charge on any atom is 0.262 e. The first-order valence-electron chi connectivity index (χ1n) is 9.45. The Labute approximate surface area is 158 Å². The zero-order valence-electron chi connectivity index (χ0n) is 15.8. The van der Waals surface area contributed by atoms with Crippen molar-refractivity contribution in [2.45, 2.75) is 42.7 Å². The molecule has 148 valence electrons. The molecule has 0 bridgehead atoms. The summed E-state index contributed by atoms with van der Waals surface area (Å²) < 4.78 is 38.0. The molecule has 0 radical (unpaired) electrons. The summed E-state index contributed by atoms with van der Waals surface area (Å²) in [7, 11) is 3.16. The van der Waals surface area contributed by atoms with Gasteiger partial charge >= 0.3 is 0 Å². The highest BCUT2D eigenvalue weighted by atomic mass is 19.3. The van der Waals surface area contributed by atoms with Gasteiger partial charge in [0.2, 0.25) is 5.91 Å². The van der Waals surface area contributed by atoms with E-state index in [4.69, 9.17) is 9.47 Å². The summed E-state index contributed by atoms with van der Waals surface area (Å²) in [5, 5.41) is 0. The van der Waals surface area contributed by atoms with Gasteiger partial charge in [-0.2, -0.15) is 0 Å². The van der Waals surface area contributed by atoms with Crippen molar-refractivity contribution in [3.05, 3.63) is 29.8 Å². The van der Waals surface area contributed by atoms with Gasteiger partial charge in [0.1, 0.15) is 5.75 Å². The quantitative estimate of drug-likeness (QED) is 0.760. The number of amides is 1. The van der Waals surface area contributed by atoms with Crippen molar-refractivity contribution in [1.82, 2.24) is 9.80 Å². The minimum absolute atomic E-state index is 0.00542. The van der Waals surface area contributed by atoms with E-state index in [1.54, 1.807) is 7.11 Å². The van der Waals surface area contributed by atoms with Crippen molar-refractivity contribution in [3.8, 4) is 5.75 Å². The lowest BCUT2D eigenvalue weighted by Gasteiger charge is -2.47. The highest BCUT2D eigenvalue weighted by Crippen LogP contribution is 2.50. The lowest BCUT2D eigenvalue weighted by atomic mass is 9.92. The third-order valence-corrected chi connectivity index (χ3v) is 6.20. The van der Waals surface area contributed by atoms with Crippen LogP contribution < -0.4 is 4.74 Å². The van der Waals surface area contributed by atoms with E-state index in [2.05, 4.69) is 0 Å². The summed E-state index contributed by atoms with van der Waals surface area (Å²) in [6.45, 7) is 1.10. The van der Waals surface area contributed by atoms with Crippen molar-refractivity contribution in [2.75, 3.05) is 40.5 Å². The number of methoxy groups -OCH3 is 2. The Balaban J connectivity index is 1.39. The van der Waals surface area contributed by atoms with E-state index in [1.165, 1.54) is 7.11 Å². The van der Waals surface area contributed by atoms with Crippen LogP contribution in [0.3, 0.4) is 0 Å². The Hall–Kier alpha value is -1.73. The Morgan fingerprint density at radius 2 is 1.85 bits per heavy atom. The van der Waals surface area contributed by atoms with E-state index < -0.39 is 11.3 Å². The topological polar surface area (TPSA) is 42.0 Å².